The average Bonchev–Trinajstić information content (AvgIpc) is 3.47. The molecule has 0 saturated carbocycles. The summed E-state index contributed by atoms with van der Waals surface area (Å²) in [6.07, 6.45) is 0. The third-order valence-electron chi connectivity index (χ3n) is 7.40. The van der Waals surface area contributed by atoms with E-state index in [1.54, 1.807) is 0 Å². The first kappa shape index (κ1) is 23.0. The van der Waals surface area contributed by atoms with Crippen LogP contribution in [-0.2, 0) is 20.7 Å². The predicted octanol–water partition coefficient (Wildman–Crippen LogP) is 5.75. The number of ether oxygens (including phenoxy) is 1. The standard InChI is InChI=1S/C31H29N4O2/c1-2-37-29(36)28-23-34(26-19-11-5-12-20-26)31(25-17-9-4-10-18-25)30(28,24-15-7-3-8-16-24)32-35(33-31)27-21-13-6-14-22-27/h3-22,28H,2,23H2,1H3,(H,32,33)/q+1/t28-,30-,31+/m0/s1. The number of rotatable bonds is 6. The Morgan fingerprint density at radius 3 is 2.00 bits per heavy atom. The molecule has 4 aromatic rings. The second-order valence-electron chi connectivity index (χ2n) is 9.32. The van der Waals surface area contributed by atoms with Gasteiger partial charge < -0.3 is 9.64 Å². The Kier molecular flexibility index (Phi) is 5.72. The molecule has 2 aliphatic heterocycles. The van der Waals surface area contributed by atoms with Crippen molar-refractivity contribution in [1.82, 2.24) is 5.43 Å². The highest BCUT2D eigenvalue weighted by atomic mass is 16.5. The van der Waals surface area contributed by atoms with E-state index in [0.717, 1.165) is 22.5 Å². The zero-order chi connectivity index (χ0) is 25.3. The SMILES string of the molecule is CCOC(=O)[C@@H]1CN(c2ccccc2)[C@@]2(c3ccccc3)N=[N+](c3ccccc3)N[C@@]12c1ccccc1. The Labute approximate surface area is 216 Å². The van der Waals surface area contributed by atoms with E-state index in [4.69, 9.17) is 9.85 Å². The summed E-state index contributed by atoms with van der Waals surface area (Å²) in [5.74, 6) is -0.796. The van der Waals surface area contributed by atoms with Crippen LogP contribution in [0.25, 0.3) is 0 Å². The van der Waals surface area contributed by atoms with Crippen LogP contribution < -0.4 is 10.3 Å². The largest absolute Gasteiger partial charge is 0.466 e. The first-order valence-corrected chi connectivity index (χ1v) is 12.7. The summed E-state index contributed by atoms with van der Waals surface area (Å²) >= 11 is 0. The van der Waals surface area contributed by atoms with Crippen molar-refractivity contribution in [3.05, 3.63) is 132 Å². The van der Waals surface area contributed by atoms with Crippen LogP contribution in [-0.4, -0.2) is 23.9 Å². The van der Waals surface area contributed by atoms with Gasteiger partial charge in [-0.25, -0.2) is 0 Å². The molecule has 4 aromatic carbocycles. The molecule has 0 unspecified atom stereocenters. The molecule has 0 radical (unpaired) electrons. The quantitative estimate of drug-likeness (QED) is 0.277. The molecule has 0 aliphatic carbocycles. The molecule has 6 heteroatoms. The van der Waals surface area contributed by atoms with Crippen molar-refractivity contribution in [3.8, 4) is 0 Å². The van der Waals surface area contributed by atoms with Crippen molar-refractivity contribution in [3.63, 3.8) is 0 Å². The molecule has 1 saturated heterocycles. The summed E-state index contributed by atoms with van der Waals surface area (Å²) in [4.78, 5) is 17.9. The van der Waals surface area contributed by atoms with Crippen LogP contribution in [0.1, 0.15) is 18.1 Å². The highest BCUT2D eigenvalue weighted by molar-refractivity contribution is 5.79. The first-order chi connectivity index (χ1) is 18.2. The molecule has 0 bridgehead atoms. The number of azo groups is 1. The number of carbonyl (C=O) groups is 1. The molecule has 2 heterocycles. The smallest absolute Gasteiger partial charge is 0.313 e. The Bertz CT molecular complexity index is 1410. The summed E-state index contributed by atoms with van der Waals surface area (Å²) in [6, 6.07) is 40.6. The Morgan fingerprint density at radius 2 is 1.41 bits per heavy atom. The molecule has 6 rings (SSSR count). The number of esters is 1. The number of carbonyl (C=O) groups excluding carboxylic acids is 1. The van der Waals surface area contributed by atoms with Crippen molar-refractivity contribution in [1.29, 1.82) is 0 Å². The van der Waals surface area contributed by atoms with Crippen LogP contribution in [0.15, 0.2) is 126 Å². The number of anilines is 1. The van der Waals surface area contributed by atoms with Gasteiger partial charge in [-0.3, -0.25) is 4.79 Å². The summed E-state index contributed by atoms with van der Waals surface area (Å²) in [5.41, 5.74) is 5.65. The fraction of sp³-hybridized carbons (Fsp3) is 0.194. The molecule has 184 valence electrons. The molecule has 1 fully saturated rings. The lowest BCUT2D eigenvalue weighted by Crippen LogP contribution is -2.59. The number of hydrazine groups is 1. The van der Waals surface area contributed by atoms with E-state index in [2.05, 4.69) is 46.7 Å². The van der Waals surface area contributed by atoms with Crippen LogP contribution in [0, 0.1) is 5.92 Å². The van der Waals surface area contributed by atoms with Gasteiger partial charge in [-0.1, -0.05) is 97.1 Å². The van der Waals surface area contributed by atoms with Crippen LogP contribution in [0.3, 0.4) is 0 Å². The molecular weight excluding hydrogens is 460 g/mol. The summed E-state index contributed by atoms with van der Waals surface area (Å²) < 4.78 is 5.72. The maximum absolute atomic E-state index is 13.8. The van der Waals surface area contributed by atoms with Crippen molar-refractivity contribution in [2.24, 2.45) is 11.0 Å². The maximum atomic E-state index is 13.8. The van der Waals surface area contributed by atoms with Crippen LogP contribution >= 0.6 is 0 Å². The van der Waals surface area contributed by atoms with E-state index in [0.29, 0.717) is 13.2 Å². The normalized spacial score (nSPS) is 24.2. The van der Waals surface area contributed by atoms with Gasteiger partial charge in [0.15, 0.2) is 5.54 Å². The van der Waals surface area contributed by atoms with Crippen molar-refractivity contribution < 1.29 is 14.3 Å². The number of nitrogens with zero attached hydrogens (tertiary/aromatic N) is 3. The Morgan fingerprint density at radius 1 is 0.865 bits per heavy atom. The highest BCUT2D eigenvalue weighted by Gasteiger charge is 2.77. The van der Waals surface area contributed by atoms with Gasteiger partial charge in [0, 0.05) is 39.8 Å². The van der Waals surface area contributed by atoms with Crippen molar-refractivity contribution in [2.75, 3.05) is 18.1 Å². The molecule has 2 aliphatic rings. The lowest BCUT2D eigenvalue weighted by molar-refractivity contribution is -0.570. The van der Waals surface area contributed by atoms with Gasteiger partial charge in [0.1, 0.15) is 5.92 Å². The zero-order valence-electron chi connectivity index (χ0n) is 20.7. The third kappa shape index (κ3) is 3.44. The van der Waals surface area contributed by atoms with Crippen molar-refractivity contribution >= 4 is 17.3 Å². The van der Waals surface area contributed by atoms with E-state index < -0.39 is 17.1 Å². The second kappa shape index (κ2) is 9.21. The predicted molar refractivity (Wildman–Crippen MR) is 142 cm³/mol. The van der Waals surface area contributed by atoms with Gasteiger partial charge in [-0.2, -0.15) is 5.43 Å². The molecule has 37 heavy (non-hydrogen) atoms. The summed E-state index contributed by atoms with van der Waals surface area (Å²) in [5, 5.41) is 5.46. The van der Waals surface area contributed by atoms with Gasteiger partial charge in [-0.15, -0.1) is 0 Å². The lowest BCUT2D eigenvalue weighted by atomic mass is 9.70. The van der Waals surface area contributed by atoms with Crippen LogP contribution in [0.5, 0.6) is 0 Å². The summed E-state index contributed by atoms with van der Waals surface area (Å²) in [7, 11) is 0. The van der Waals surface area contributed by atoms with E-state index in [1.165, 1.54) is 0 Å². The molecular formula is C31H29N4O2+. The van der Waals surface area contributed by atoms with Gasteiger partial charge in [-0.05, 0) is 24.6 Å². The maximum Gasteiger partial charge on any atom is 0.313 e. The van der Waals surface area contributed by atoms with E-state index in [-0.39, 0.29) is 5.97 Å². The van der Waals surface area contributed by atoms with Crippen molar-refractivity contribution in [2.45, 2.75) is 18.1 Å². The fourth-order valence-electron chi connectivity index (χ4n) is 5.90. The van der Waals surface area contributed by atoms with Gasteiger partial charge in [0.25, 0.3) is 11.4 Å². The third-order valence-corrected chi connectivity index (χ3v) is 7.40. The molecule has 1 N–H and O–H groups in total. The molecule has 0 aromatic heterocycles. The average molecular weight is 490 g/mol. The number of fused-ring (bicyclic) bond motifs is 1. The molecule has 0 spiro atoms. The minimum absolute atomic E-state index is 0.247. The topological polar surface area (TPSA) is 56.9 Å². The lowest BCUT2D eigenvalue weighted by Gasteiger charge is -2.40. The minimum Gasteiger partial charge on any atom is -0.466 e. The van der Waals surface area contributed by atoms with Crippen LogP contribution in [0.4, 0.5) is 11.4 Å². The monoisotopic (exact) mass is 489 g/mol. The fourth-order valence-corrected chi connectivity index (χ4v) is 5.90. The van der Waals surface area contributed by atoms with E-state index >= 15 is 0 Å². The van der Waals surface area contributed by atoms with Crippen LogP contribution in [0.2, 0.25) is 0 Å². The Hall–Kier alpha value is -4.45. The number of benzene rings is 4. The second-order valence-corrected chi connectivity index (χ2v) is 9.32. The van der Waals surface area contributed by atoms with Gasteiger partial charge in [0.2, 0.25) is 0 Å². The number of hydrogen-bond donors (Lipinski definition) is 1. The first-order valence-electron chi connectivity index (χ1n) is 12.7. The van der Waals surface area contributed by atoms with E-state index in [9.17, 15) is 4.79 Å². The van der Waals surface area contributed by atoms with E-state index in [1.807, 2.05) is 96.7 Å². The summed E-state index contributed by atoms with van der Waals surface area (Å²) in [6.45, 7) is 2.60. The minimum atomic E-state index is -0.982. The molecule has 3 atom stereocenters. The number of nitrogens with one attached hydrogen (secondary N) is 1. The van der Waals surface area contributed by atoms with Gasteiger partial charge in [0.05, 0.1) is 6.61 Å². The highest BCUT2D eigenvalue weighted by Crippen LogP contribution is 2.60. The van der Waals surface area contributed by atoms with Gasteiger partial charge >= 0.3 is 5.97 Å². The Balaban J connectivity index is 1.71. The molecule has 6 nitrogen and oxygen atoms in total. The number of para-hydroxylation sites is 2. The number of hydrogen-bond acceptors (Lipinski definition) is 5. The zero-order valence-corrected chi connectivity index (χ0v) is 20.7. The molecule has 0 amide bonds.